The van der Waals surface area contributed by atoms with Gasteiger partial charge >= 0.3 is 0 Å². The average Bonchev–Trinajstić information content (AvgIpc) is 3.29. The molecule has 1 N–H and O–H groups in total. The van der Waals surface area contributed by atoms with Crippen LogP contribution < -0.4 is 5.32 Å². The maximum atomic E-state index is 12.5. The number of aryl methyl sites for hydroxylation is 2. The quantitative estimate of drug-likeness (QED) is 0.554. The topological polar surface area (TPSA) is 54.6 Å². The molecule has 0 saturated carbocycles. The van der Waals surface area contributed by atoms with Crippen molar-refractivity contribution < 1.29 is 9.21 Å². The van der Waals surface area contributed by atoms with Gasteiger partial charge in [-0.3, -0.25) is 9.79 Å². The highest BCUT2D eigenvalue weighted by atomic mass is 16.3. The van der Waals surface area contributed by atoms with Crippen LogP contribution in [0.15, 0.2) is 63.0 Å². The van der Waals surface area contributed by atoms with Crippen molar-refractivity contribution in [1.29, 1.82) is 0 Å². The summed E-state index contributed by atoms with van der Waals surface area (Å²) in [6.07, 6.45) is 0.354. The largest absolute Gasteiger partial charge is 0.460 e. The minimum absolute atomic E-state index is 0.0231. The fourth-order valence-corrected chi connectivity index (χ4v) is 4.46. The lowest BCUT2D eigenvalue weighted by Crippen LogP contribution is -2.24. The van der Waals surface area contributed by atoms with E-state index < -0.39 is 0 Å². The van der Waals surface area contributed by atoms with Crippen LogP contribution in [0.5, 0.6) is 0 Å². The highest BCUT2D eigenvalue weighted by molar-refractivity contribution is 6.02. The molecule has 2 aromatic carbocycles. The number of carbonyl (C=O) groups is 1. The van der Waals surface area contributed by atoms with Crippen LogP contribution >= 0.6 is 0 Å². The first-order valence-corrected chi connectivity index (χ1v) is 10.9. The molecular formula is C27H30N2O2. The standard InChI is InChI=1S/C27H30N2O2/c1-16-6-8-22(17(2)10-16)15-29-26(30)12-21-7-9-24-23(11-21)13-25(31-24)19(4)27-18(3)14-28-20(27)5/h6-11,13,19H,12,14-15H2,1-5H3,(H,29,30). The van der Waals surface area contributed by atoms with Crippen molar-refractivity contribution in [3.8, 4) is 0 Å². The summed E-state index contributed by atoms with van der Waals surface area (Å²) in [7, 11) is 0. The number of furan rings is 1. The first-order chi connectivity index (χ1) is 14.8. The number of hydrogen-bond donors (Lipinski definition) is 1. The van der Waals surface area contributed by atoms with Crippen molar-refractivity contribution in [2.45, 2.75) is 53.5 Å². The second-order valence-corrected chi connectivity index (χ2v) is 8.72. The average molecular weight is 415 g/mol. The van der Waals surface area contributed by atoms with E-state index in [1.807, 2.05) is 12.1 Å². The molecule has 0 saturated heterocycles. The van der Waals surface area contributed by atoms with Crippen molar-refractivity contribution in [3.05, 3.63) is 81.6 Å². The third-order valence-corrected chi connectivity index (χ3v) is 6.20. The zero-order valence-electron chi connectivity index (χ0n) is 19.0. The van der Waals surface area contributed by atoms with Gasteiger partial charge in [-0.05, 0) is 73.7 Å². The monoisotopic (exact) mass is 414 g/mol. The lowest BCUT2D eigenvalue weighted by molar-refractivity contribution is -0.120. The van der Waals surface area contributed by atoms with Crippen LogP contribution in [-0.2, 0) is 17.8 Å². The Morgan fingerprint density at radius 3 is 2.61 bits per heavy atom. The number of carbonyl (C=O) groups excluding carboxylic acids is 1. The lowest BCUT2D eigenvalue weighted by Gasteiger charge is -2.12. The van der Waals surface area contributed by atoms with E-state index in [1.165, 1.54) is 22.3 Å². The Bertz CT molecular complexity index is 1210. The fraction of sp³-hybridized carbons (Fsp3) is 0.333. The molecule has 160 valence electrons. The summed E-state index contributed by atoms with van der Waals surface area (Å²) < 4.78 is 6.14. The summed E-state index contributed by atoms with van der Waals surface area (Å²) in [6, 6.07) is 14.4. The van der Waals surface area contributed by atoms with E-state index in [2.05, 4.69) is 75.3 Å². The van der Waals surface area contributed by atoms with E-state index in [-0.39, 0.29) is 11.8 Å². The Hall–Kier alpha value is -3.14. The van der Waals surface area contributed by atoms with Gasteiger partial charge in [0.2, 0.25) is 5.91 Å². The molecule has 0 spiro atoms. The number of aliphatic imine (C=N–C) groups is 1. The first-order valence-electron chi connectivity index (χ1n) is 10.9. The molecule has 0 bridgehead atoms. The second-order valence-electron chi connectivity index (χ2n) is 8.72. The van der Waals surface area contributed by atoms with Gasteiger partial charge in [0, 0.05) is 23.6 Å². The second kappa shape index (κ2) is 8.54. The zero-order chi connectivity index (χ0) is 22.1. The number of amides is 1. The normalized spacial score (nSPS) is 14.8. The summed E-state index contributed by atoms with van der Waals surface area (Å²) >= 11 is 0. The highest BCUT2D eigenvalue weighted by Crippen LogP contribution is 2.34. The van der Waals surface area contributed by atoms with Gasteiger partial charge in [-0.25, -0.2) is 0 Å². The van der Waals surface area contributed by atoms with Crippen molar-refractivity contribution >= 4 is 22.6 Å². The zero-order valence-corrected chi connectivity index (χ0v) is 19.0. The van der Waals surface area contributed by atoms with E-state index in [4.69, 9.17) is 4.42 Å². The maximum absolute atomic E-state index is 12.5. The molecule has 1 unspecified atom stereocenters. The summed E-state index contributed by atoms with van der Waals surface area (Å²) in [5, 5.41) is 4.08. The molecular weight excluding hydrogens is 384 g/mol. The van der Waals surface area contributed by atoms with Gasteiger partial charge in [0.25, 0.3) is 0 Å². The predicted molar refractivity (Wildman–Crippen MR) is 127 cm³/mol. The number of allylic oxidation sites excluding steroid dienone is 1. The Labute approximate surface area is 184 Å². The molecule has 1 aromatic heterocycles. The molecule has 3 aromatic rings. The predicted octanol–water partition coefficient (Wildman–Crippen LogP) is 5.80. The Balaban J connectivity index is 1.45. The molecule has 0 aliphatic carbocycles. The van der Waals surface area contributed by atoms with Crippen LogP contribution in [0.4, 0.5) is 0 Å². The summed E-state index contributed by atoms with van der Waals surface area (Å²) in [6.45, 7) is 11.9. The van der Waals surface area contributed by atoms with Crippen molar-refractivity contribution in [2.75, 3.05) is 6.54 Å². The molecule has 1 atom stereocenters. The lowest BCUT2D eigenvalue weighted by atomic mass is 9.92. The van der Waals surface area contributed by atoms with Gasteiger partial charge in [-0.15, -0.1) is 0 Å². The van der Waals surface area contributed by atoms with Gasteiger partial charge in [0.05, 0.1) is 13.0 Å². The number of fused-ring (bicyclic) bond motifs is 1. The fourth-order valence-electron chi connectivity index (χ4n) is 4.46. The number of nitrogens with one attached hydrogen (secondary N) is 1. The molecule has 1 aliphatic heterocycles. The van der Waals surface area contributed by atoms with E-state index in [0.29, 0.717) is 13.0 Å². The van der Waals surface area contributed by atoms with Gasteiger partial charge in [-0.1, -0.05) is 36.8 Å². The number of hydrogen-bond acceptors (Lipinski definition) is 3. The smallest absolute Gasteiger partial charge is 0.224 e. The minimum atomic E-state index is 0.0231. The molecule has 1 aliphatic rings. The molecule has 4 nitrogen and oxygen atoms in total. The van der Waals surface area contributed by atoms with Gasteiger partial charge < -0.3 is 9.73 Å². The van der Waals surface area contributed by atoms with Crippen LogP contribution in [0.25, 0.3) is 11.0 Å². The molecule has 4 heteroatoms. The van der Waals surface area contributed by atoms with Crippen LogP contribution in [0.2, 0.25) is 0 Å². The van der Waals surface area contributed by atoms with E-state index in [9.17, 15) is 4.79 Å². The first kappa shape index (κ1) is 21.1. The number of nitrogens with zero attached hydrogens (tertiary/aromatic N) is 1. The molecule has 0 radical (unpaired) electrons. The minimum Gasteiger partial charge on any atom is -0.460 e. The third kappa shape index (κ3) is 4.48. The molecule has 2 heterocycles. The van der Waals surface area contributed by atoms with E-state index in [0.717, 1.165) is 40.1 Å². The van der Waals surface area contributed by atoms with Gasteiger partial charge in [-0.2, -0.15) is 0 Å². The van der Waals surface area contributed by atoms with Crippen LogP contribution in [0, 0.1) is 13.8 Å². The summed E-state index contributed by atoms with van der Waals surface area (Å²) in [5.41, 5.74) is 9.12. The van der Waals surface area contributed by atoms with Crippen LogP contribution in [0.3, 0.4) is 0 Å². The van der Waals surface area contributed by atoms with E-state index in [1.54, 1.807) is 0 Å². The number of benzene rings is 2. The van der Waals surface area contributed by atoms with Crippen molar-refractivity contribution in [3.63, 3.8) is 0 Å². The molecule has 31 heavy (non-hydrogen) atoms. The molecule has 1 amide bonds. The van der Waals surface area contributed by atoms with Crippen molar-refractivity contribution in [2.24, 2.45) is 4.99 Å². The Morgan fingerprint density at radius 1 is 1.10 bits per heavy atom. The van der Waals surface area contributed by atoms with Gasteiger partial charge in [0.15, 0.2) is 0 Å². The number of rotatable bonds is 6. The van der Waals surface area contributed by atoms with Crippen LogP contribution in [-0.4, -0.2) is 18.2 Å². The third-order valence-electron chi connectivity index (χ3n) is 6.20. The van der Waals surface area contributed by atoms with Crippen molar-refractivity contribution in [1.82, 2.24) is 5.32 Å². The Kier molecular flexibility index (Phi) is 5.81. The summed E-state index contributed by atoms with van der Waals surface area (Å²) in [4.78, 5) is 17.1. The van der Waals surface area contributed by atoms with Crippen LogP contribution in [0.1, 0.15) is 54.7 Å². The summed E-state index contributed by atoms with van der Waals surface area (Å²) in [5.74, 6) is 1.13. The maximum Gasteiger partial charge on any atom is 0.224 e. The van der Waals surface area contributed by atoms with Gasteiger partial charge in [0.1, 0.15) is 11.3 Å². The molecule has 0 fully saturated rings. The highest BCUT2D eigenvalue weighted by Gasteiger charge is 2.23. The Morgan fingerprint density at radius 2 is 1.90 bits per heavy atom. The molecule has 4 rings (SSSR count). The van der Waals surface area contributed by atoms with E-state index >= 15 is 0 Å². The SMILES string of the molecule is CC1=NCC(C)=C1C(C)c1cc2cc(CC(=O)NCc3ccc(C)cc3C)ccc2o1.